The summed E-state index contributed by atoms with van der Waals surface area (Å²) in [4.78, 5) is 21.4. The predicted molar refractivity (Wildman–Crippen MR) is 128 cm³/mol. The van der Waals surface area contributed by atoms with Crippen LogP contribution >= 0.6 is 0 Å². The Morgan fingerprint density at radius 2 is 1.79 bits per heavy atom. The molecule has 1 aromatic carbocycles. The minimum Gasteiger partial charge on any atom is -0.351 e. The summed E-state index contributed by atoms with van der Waals surface area (Å²) in [6.07, 6.45) is 3.68. The fraction of sp³-hybridized carbons (Fsp3) is 0.423. The normalized spacial score (nSPS) is 21.1. The minimum absolute atomic E-state index is 0.00414. The smallest absolute Gasteiger partial charge is 0.248 e. The molecule has 0 spiro atoms. The second-order valence-corrected chi connectivity index (χ2v) is 9.45. The Kier molecular flexibility index (Phi) is 5.91. The van der Waals surface area contributed by atoms with E-state index in [2.05, 4.69) is 27.0 Å². The van der Waals surface area contributed by atoms with E-state index >= 15 is 0 Å². The summed E-state index contributed by atoms with van der Waals surface area (Å²) in [5.41, 5.74) is 2.68. The highest BCUT2D eigenvalue weighted by Crippen LogP contribution is 2.38. The van der Waals surface area contributed by atoms with Gasteiger partial charge in [0, 0.05) is 73.2 Å². The van der Waals surface area contributed by atoms with Crippen molar-refractivity contribution >= 4 is 22.5 Å². The van der Waals surface area contributed by atoms with E-state index in [-0.39, 0.29) is 43.6 Å². The lowest BCUT2D eigenvalue weighted by atomic mass is 9.85. The monoisotopic (exact) mass is 464 g/mol. The summed E-state index contributed by atoms with van der Waals surface area (Å²) in [5.74, 6) is -2.18. The van der Waals surface area contributed by atoms with Crippen molar-refractivity contribution in [2.45, 2.75) is 44.6 Å². The summed E-state index contributed by atoms with van der Waals surface area (Å²) in [6, 6.07) is 9.76. The second kappa shape index (κ2) is 8.89. The lowest BCUT2D eigenvalue weighted by Gasteiger charge is -2.42. The number of rotatable bonds is 3. The highest BCUT2D eigenvalue weighted by molar-refractivity contribution is 5.99. The van der Waals surface area contributed by atoms with Gasteiger partial charge in [-0.15, -0.1) is 10.2 Å². The number of carbonyl (C=O) groups is 1. The van der Waals surface area contributed by atoms with Gasteiger partial charge in [-0.2, -0.15) is 0 Å². The average Bonchev–Trinajstić information content (AvgIpc) is 2.83. The maximum Gasteiger partial charge on any atom is 0.248 e. The third-order valence-corrected chi connectivity index (χ3v) is 7.07. The third kappa shape index (κ3) is 4.33. The van der Waals surface area contributed by atoms with E-state index in [9.17, 15) is 13.6 Å². The van der Waals surface area contributed by atoms with Gasteiger partial charge in [0.25, 0.3) is 0 Å². The van der Waals surface area contributed by atoms with Crippen molar-refractivity contribution in [3.63, 3.8) is 0 Å². The highest BCUT2D eigenvalue weighted by atomic mass is 19.3. The van der Waals surface area contributed by atoms with Gasteiger partial charge < -0.3 is 9.80 Å². The maximum absolute atomic E-state index is 13.5. The van der Waals surface area contributed by atoms with Crippen molar-refractivity contribution < 1.29 is 13.6 Å². The fourth-order valence-electron chi connectivity index (χ4n) is 5.09. The van der Waals surface area contributed by atoms with Gasteiger partial charge in [0.15, 0.2) is 5.82 Å². The topological polar surface area (TPSA) is 62.2 Å². The SMILES string of the molecule is [CH2]c1ccc(-c2nnc(N3CCN(C(=O)C4CCC(F)(F)CC4)[C@@H](C)C3)c3cnccc23)cc1. The molecule has 1 aliphatic heterocycles. The van der Waals surface area contributed by atoms with Crippen LogP contribution < -0.4 is 4.90 Å². The Morgan fingerprint density at radius 1 is 1.06 bits per heavy atom. The molecule has 34 heavy (non-hydrogen) atoms. The van der Waals surface area contributed by atoms with Crippen molar-refractivity contribution in [1.29, 1.82) is 0 Å². The standard InChI is InChI=1S/C26H28F2N5O/c1-17-3-5-19(6-4-17)23-21-9-12-29-15-22(21)24(31-30-23)32-13-14-33(18(2)16-32)25(34)20-7-10-26(27,28)11-8-20/h3-6,9,12,15,18,20H,1,7-8,10-11,13-14,16H2,2H3/t18-/m0/s1. The summed E-state index contributed by atoms with van der Waals surface area (Å²) >= 11 is 0. The summed E-state index contributed by atoms with van der Waals surface area (Å²) < 4.78 is 27.1. The van der Waals surface area contributed by atoms with Gasteiger partial charge in [-0.1, -0.05) is 24.3 Å². The number of hydrogen-bond donors (Lipinski definition) is 0. The van der Waals surface area contributed by atoms with E-state index in [1.165, 1.54) is 0 Å². The zero-order valence-electron chi connectivity index (χ0n) is 19.3. The molecule has 0 bridgehead atoms. The first-order chi connectivity index (χ1) is 16.3. The molecule has 3 aromatic rings. The van der Waals surface area contributed by atoms with Crippen molar-refractivity contribution in [3.8, 4) is 11.3 Å². The Bertz CT molecular complexity index is 1190. The minimum atomic E-state index is -2.63. The molecule has 1 saturated carbocycles. The molecule has 3 heterocycles. The number of alkyl halides is 2. The van der Waals surface area contributed by atoms with Crippen LogP contribution in [0, 0.1) is 12.8 Å². The Morgan fingerprint density at radius 3 is 2.50 bits per heavy atom. The van der Waals surface area contributed by atoms with Crippen LogP contribution in [0.4, 0.5) is 14.6 Å². The zero-order valence-corrected chi connectivity index (χ0v) is 19.3. The molecule has 2 aromatic heterocycles. The Labute approximate surface area is 198 Å². The number of amides is 1. The van der Waals surface area contributed by atoms with Crippen molar-refractivity contribution in [2.24, 2.45) is 5.92 Å². The van der Waals surface area contributed by atoms with Crippen LogP contribution in [0.5, 0.6) is 0 Å². The first-order valence-corrected chi connectivity index (χ1v) is 11.8. The molecule has 1 radical (unpaired) electrons. The van der Waals surface area contributed by atoms with Crippen LogP contribution in [-0.2, 0) is 4.79 Å². The van der Waals surface area contributed by atoms with Gasteiger partial charge in [-0.3, -0.25) is 9.78 Å². The molecular weight excluding hydrogens is 436 g/mol. The lowest BCUT2D eigenvalue weighted by molar-refractivity contribution is -0.142. The van der Waals surface area contributed by atoms with Crippen LogP contribution in [-0.4, -0.2) is 57.6 Å². The molecule has 0 unspecified atom stereocenters. The number of nitrogens with zero attached hydrogens (tertiary/aromatic N) is 5. The third-order valence-electron chi connectivity index (χ3n) is 7.07. The van der Waals surface area contributed by atoms with Gasteiger partial charge in [-0.05, 0) is 38.3 Å². The number of anilines is 1. The van der Waals surface area contributed by atoms with Crippen LogP contribution in [0.3, 0.4) is 0 Å². The van der Waals surface area contributed by atoms with Crippen molar-refractivity contribution in [2.75, 3.05) is 24.5 Å². The molecule has 1 atom stereocenters. The quantitative estimate of drug-likeness (QED) is 0.561. The molecular formula is C26H28F2N5O. The zero-order chi connectivity index (χ0) is 23.9. The number of hydrogen-bond acceptors (Lipinski definition) is 5. The first-order valence-electron chi connectivity index (χ1n) is 11.8. The molecule has 1 amide bonds. The lowest BCUT2D eigenvalue weighted by Crippen LogP contribution is -2.56. The average molecular weight is 465 g/mol. The number of fused-ring (bicyclic) bond motifs is 1. The largest absolute Gasteiger partial charge is 0.351 e. The second-order valence-electron chi connectivity index (χ2n) is 9.45. The Hall–Kier alpha value is -3.16. The molecule has 1 saturated heterocycles. The van der Waals surface area contributed by atoms with E-state index in [1.807, 2.05) is 48.4 Å². The molecule has 5 rings (SSSR count). The summed E-state index contributed by atoms with van der Waals surface area (Å²) in [5, 5.41) is 11.0. The van der Waals surface area contributed by atoms with E-state index in [0.717, 1.165) is 33.4 Å². The number of halogens is 2. The molecule has 2 fully saturated rings. The van der Waals surface area contributed by atoms with E-state index in [0.29, 0.717) is 19.6 Å². The molecule has 6 nitrogen and oxygen atoms in total. The first kappa shape index (κ1) is 22.6. The highest BCUT2D eigenvalue weighted by Gasteiger charge is 2.40. The molecule has 1 aliphatic carbocycles. The van der Waals surface area contributed by atoms with Crippen LogP contribution in [0.15, 0.2) is 42.7 Å². The summed E-state index contributed by atoms with van der Waals surface area (Å²) in [6.45, 7) is 7.68. The predicted octanol–water partition coefficient (Wildman–Crippen LogP) is 4.74. The number of benzene rings is 1. The summed E-state index contributed by atoms with van der Waals surface area (Å²) in [7, 11) is 0. The van der Waals surface area contributed by atoms with Gasteiger partial charge in [0.2, 0.25) is 11.8 Å². The Balaban J connectivity index is 1.36. The maximum atomic E-state index is 13.5. The molecule has 2 aliphatic rings. The van der Waals surface area contributed by atoms with Crippen LogP contribution in [0.25, 0.3) is 22.0 Å². The fourth-order valence-corrected chi connectivity index (χ4v) is 5.09. The van der Waals surface area contributed by atoms with Crippen LogP contribution in [0.1, 0.15) is 38.2 Å². The number of pyridine rings is 1. The van der Waals surface area contributed by atoms with E-state index in [1.54, 1.807) is 6.20 Å². The van der Waals surface area contributed by atoms with E-state index in [4.69, 9.17) is 0 Å². The molecule has 0 N–H and O–H groups in total. The molecule has 8 heteroatoms. The number of carbonyl (C=O) groups excluding carboxylic acids is 1. The van der Waals surface area contributed by atoms with Gasteiger partial charge >= 0.3 is 0 Å². The van der Waals surface area contributed by atoms with Crippen molar-refractivity contribution in [1.82, 2.24) is 20.1 Å². The van der Waals surface area contributed by atoms with Crippen LogP contribution in [0.2, 0.25) is 0 Å². The van der Waals surface area contributed by atoms with Gasteiger partial charge in [-0.25, -0.2) is 8.78 Å². The number of aromatic nitrogens is 3. The van der Waals surface area contributed by atoms with Gasteiger partial charge in [0.1, 0.15) is 5.69 Å². The number of piperazine rings is 1. The van der Waals surface area contributed by atoms with Gasteiger partial charge in [0.05, 0.1) is 0 Å². The van der Waals surface area contributed by atoms with Crippen molar-refractivity contribution in [3.05, 3.63) is 55.2 Å². The van der Waals surface area contributed by atoms with E-state index < -0.39 is 5.92 Å². The molecule has 177 valence electrons.